The summed E-state index contributed by atoms with van der Waals surface area (Å²) >= 11 is 0. The van der Waals surface area contributed by atoms with E-state index in [-0.39, 0.29) is 98.0 Å². The van der Waals surface area contributed by atoms with E-state index in [0.29, 0.717) is 0 Å². The summed E-state index contributed by atoms with van der Waals surface area (Å²) in [5.41, 5.74) is -1.43. The summed E-state index contributed by atoms with van der Waals surface area (Å²) in [5.74, 6) is -15.8. The van der Waals surface area contributed by atoms with E-state index in [4.69, 9.17) is 37.9 Å². The van der Waals surface area contributed by atoms with Crippen molar-refractivity contribution >= 4 is 95.0 Å². The largest absolute Gasteiger partial charge is 0.463 e. The van der Waals surface area contributed by atoms with Gasteiger partial charge in [0.2, 0.25) is 0 Å². The van der Waals surface area contributed by atoms with Crippen LogP contribution >= 0.6 is 0 Å². The average Bonchev–Trinajstić information content (AvgIpc) is 4.03. The summed E-state index contributed by atoms with van der Waals surface area (Å²) in [6.07, 6.45) is -5.44. The molecule has 0 atom stereocenters. The number of nitrogens with zero attached hydrogens (tertiary/aromatic N) is 4. The summed E-state index contributed by atoms with van der Waals surface area (Å²) in [6.45, 7) is -5.04. The number of carbonyl (C=O) groups excluding carboxylic acids is 16. The van der Waals surface area contributed by atoms with Crippen LogP contribution in [0.1, 0.15) is 77.0 Å². The van der Waals surface area contributed by atoms with Crippen LogP contribution in [0.4, 0.5) is 0 Å². The van der Waals surface area contributed by atoms with Gasteiger partial charge in [-0.1, -0.05) is 0 Å². The summed E-state index contributed by atoms with van der Waals surface area (Å²) in [7, 11) is 0. The number of amides is 8. The predicted octanol–water partition coefficient (Wildman–Crippen LogP) is -3.80. The average molecular weight is 1040 g/mol. The van der Waals surface area contributed by atoms with E-state index >= 15 is 0 Å². The van der Waals surface area contributed by atoms with Gasteiger partial charge in [-0.2, -0.15) is 0 Å². The molecule has 0 radical (unpaired) electrons. The Morgan fingerprint density at radius 3 is 0.644 bits per heavy atom. The second kappa shape index (κ2) is 28.9. The van der Waals surface area contributed by atoms with Crippen LogP contribution in [0.2, 0.25) is 0 Å². The zero-order chi connectivity index (χ0) is 53.5. The molecule has 0 aromatic rings. The number of imide groups is 4. The zero-order valence-electron chi connectivity index (χ0n) is 38.7. The van der Waals surface area contributed by atoms with Crippen LogP contribution in [0, 0.1) is 5.41 Å². The molecule has 4 aliphatic heterocycles. The molecule has 0 N–H and O–H groups in total. The van der Waals surface area contributed by atoms with Gasteiger partial charge in [0.25, 0.3) is 47.3 Å². The van der Waals surface area contributed by atoms with E-state index in [1.165, 1.54) is 0 Å². The van der Waals surface area contributed by atoms with Crippen molar-refractivity contribution in [1.82, 2.24) is 20.3 Å². The van der Waals surface area contributed by atoms with Crippen molar-refractivity contribution in [1.29, 1.82) is 0 Å². The third-order valence-electron chi connectivity index (χ3n) is 9.55. The fraction of sp³-hybridized carbons (Fsp3) is 0.610. The van der Waals surface area contributed by atoms with Gasteiger partial charge in [0.05, 0.1) is 58.3 Å². The lowest BCUT2D eigenvalue weighted by molar-refractivity contribution is -0.199. The van der Waals surface area contributed by atoms with Crippen molar-refractivity contribution in [3.8, 4) is 0 Å². The van der Waals surface area contributed by atoms with Crippen molar-refractivity contribution < 1.29 is 134 Å². The van der Waals surface area contributed by atoms with E-state index in [2.05, 4.69) is 19.4 Å². The van der Waals surface area contributed by atoms with Gasteiger partial charge >= 0.3 is 47.8 Å². The summed E-state index contributed by atoms with van der Waals surface area (Å²) in [5, 5.41) is 0.961. The van der Waals surface area contributed by atoms with Gasteiger partial charge in [-0.05, 0) is 0 Å². The van der Waals surface area contributed by atoms with Gasteiger partial charge in [-0.15, -0.1) is 20.3 Å². The molecule has 0 spiro atoms. The molecule has 0 aliphatic carbocycles. The highest BCUT2D eigenvalue weighted by molar-refractivity contribution is 6.05. The normalized spacial score (nSPS) is 15.8. The highest BCUT2D eigenvalue weighted by Gasteiger charge is 2.38. The molecule has 0 aromatic heterocycles. The van der Waals surface area contributed by atoms with Gasteiger partial charge in [0, 0.05) is 51.4 Å². The molecule has 32 heteroatoms. The molecule has 400 valence electrons. The van der Waals surface area contributed by atoms with Crippen molar-refractivity contribution in [2.24, 2.45) is 5.41 Å². The molecule has 4 rings (SSSR count). The van der Waals surface area contributed by atoms with Crippen LogP contribution in [0.5, 0.6) is 0 Å². The van der Waals surface area contributed by atoms with Gasteiger partial charge < -0.3 is 57.2 Å². The summed E-state index contributed by atoms with van der Waals surface area (Å²) in [4.78, 5) is 210. The first-order chi connectivity index (χ1) is 34.7. The van der Waals surface area contributed by atoms with Crippen molar-refractivity contribution in [2.75, 3.05) is 79.3 Å². The minimum absolute atomic E-state index is 0.183. The fourth-order valence-electron chi connectivity index (χ4n) is 6.11. The van der Waals surface area contributed by atoms with Gasteiger partial charge in [0.1, 0.15) is 52.1 Å². The molecule has 0 bridgehead atoms. The number of hydrogen-bond donors (Lipinski definition) is 0. The molecule has 4 heterocycles. The second-order valence-electron chi connectivity index (χ2n) is 15.5. The summed E-state index contributed by atoms with van der Waals surface area (Å²) < 4.78 is 42.8. The lowest BCUT2D eigenvalue weighted by Gasteiger charge is -2.33. The molecule has 32 nitrogen and oxygen atoms in total. The fourth-order valence-corrected chi connectivity index (χ4v) is 6.11. The van der Waals surface area contributed by atoms with Crippen molar-refractivity contribution in [2.45, 2.75) is 77.0 Å². The Kier molecular flexibility index (Phi) is 22.8. The topological polar surface area (TPSA) is 397 Å². The molecule has 0 saturated carbocycles. The molecule has 4 saturated heterocycles. The monoisotopic (exact) mass is 1040 g/mol. The quantitative estimate of drug-likeness (QED) is 0.0205. The molecule has 8 amide bonds. The maximum Gasteiger partial charge on any atom is 0.344 e. The second-order valence-corrected chi connectivity index (χ2v) is 15.5. The van der Waals surface area contributed by atoms with Gasteiger partial charge in [-0.25, -0.2) is 19.2 Å². The Balaban J connectivity index is 1.34. The maximum absolute atomic E-state index is 12.3. The first-order valence-electron chi connectivity index (χ1n) is 22.0. The SMILES string of the molecule is O=C(CC(=O)ON1C(=O)CCC1=O)OCCOCC(COCCOC(=O)CC(=O)ON1C(=O)CCC1=O)(COCCOC(=O)CC(=O)ON1C(=O)CCC1=O)COCCOC(=O)CC(=O)ON1C(=O)CCC1=O. The van der Waals surface area contributed by atoms with E-state index < -0.39 is 179 Å². The first-order valence-corrected chi connectivity index (χ1v) is 22.0. The molecule has 4 aliphatic rings. The highest BCUT2D eigenvalue weighted by Crippen LogP contribution is 2.22. The maximum atomic E-state index is 12.3. The molecular formula is C41H48N4O28. The van der Waals surface area contributed by atoms with Crippen LogP contribution in [-0.2, 0) is 134 Å². The number of rotatable bonds is 32. The van der Waals surface area contributed by atoms with Crippen LogP contribution in [0.15, 0.2) is 0 Å². The van der Waals surface area contributed by atoms with Crippen molar-refractivity contribution in [3.63, 3.8) is 0 Å². The van der Waals surface area contributed by atoms with Crippen LogP contribution in [0.25, 0.3) is 0 Å². The standard InChI is InChI=1S/C41H48N4O28/c46-25-1-2-26(47)42(25)70-37(58)17-33(54)66-13-9-62-21-41(22-63-10-14-67-34(55)18-38(59)71-43-27(48)3-4-28(43)49,23-64-11-15-68-35(56)19-39(60)72-44-29(50)5-6-30(44)51)24-65-12-16-69-36(57)20-40(61)73-45-31(52)7-8-32(45)53/h1-24H2. The number of carbonyl (C=O) groups is 16. The number of hydroxylamine groups is 8. The lowest BCUT2D eigenvalue weighted by Crippen LogP contribution is -2.43. The van der Waals surface area contributed by atoms with Gasteiger partial charge in [-0.3, -0.25) is 57.5 Å². The zero-order valence-corrected chi connectivity index (χ0v) is 38.7. The molecule has 73 heavy (non-hydrogen) atoms. The predicted molar refractivity (Wildman–Crippen MR) is 217 cm³/mol. The minimum Gasteiger partial charge on any atom is -0.463 e. The smallest absolute Gasteiger partial charge is 0.344 e. The van der Waals surface area contributed by atoms with E-state index in [9.17, 15) is 76.7 Å². The Hall–Kier alpha value is -7.84. The lowest BCUT2D eigenvalue weighted by atomic mass is 9.92. The van der Waals surface area contributed by atoms with Gasteiger partial charge in [0.15, 0.2) is 0 Å². The Morgan fingerprint density at radius 2 is 0.466 bits per heavy atom. The molecular weight excluding hydrogens is 996 g/mol. The number of hydrogen-bond acceptors (Lipinski definition) is 28. The number of ether oxygens (including phenoxy) is 8. The van der Waals surface area contributed by atoms with Crippen LogP contribution in [-0.4, -0.2) is 195 Å². The van der Waals surface area contributed by atoms with E-state index in [1.54, 1.807) is 0 Å². The number of esters is 4. The third-order valence-corrected chi connectivity index (χ3v) is 9.55. The molecule has 0 unspecified atom stereocenters. The Morgan fingerprint density at radius 1 is 0.288 bits per heavy atom. The van der Waals surface area contributed by atoms with Crippen LogP contribution < -0.4 is 0 Å². The molecule has 0 aromatic carbocycles. The summed E-state index contributed by atoms with van der Waals surface area (Å²) in [6, 6.07) is 0. The van der Waals surface area contributed by atoms with Crippen LogP contribution in [0.3, 0.4) is 0 Å². The van der Waals surface area contributed by atoms with Crippen molar-refractivity contribution in [3.05, 3.63) is 0 Å². The minimum atomic E-state index is -1.43. The Bertz CT molecular complexity index is 1830. The van der Waals surface area contributed by atoms with E-state index in [1.807, 2.05) is 0 Å². The highest BCUT2D eigenvalue weighted by atomic mass is 16.7. The molecule has 4 fully saturated rings. The third kappa shape index (κ3) is 19.7. The van der Waals surface area contributed by atoms with E-state index in [0.717, 1.165) is 0 Å². The Labute approximate surface area is 410 Å². The first kappa shape index (κ1) is 57.7.